The van der Waals surface area contributed by atoms with Gasteiger partial charge in [-0.25, -0.2) is 0 Å². The zero-order chi connectivity index (χ0) is 19.0. The second-order valence-electron chi connectivity index (χ2n) is 6.90. The lowest BCUT2D eigenvalue weighted by Crippen LogP contribution is -2.27. The molecule has 0 saturated heterocycles. The molecule has 0 amide bonds. The van der Waals surface area contributed by atoms with Gasteiger partial charge in [-0.05, 0) is 6.07 Å². The Morgan fingerprint density at radius 3 is 2.07 bits per heavy atom. The topological polar surface area (TPSA) is 33.0 Å². The van der Waals surface area contributed by atoms with Gasteiger partial charge in [-0.15, -0.1) is 11.3 Å². The van der Waals surface area contributed by atoms with Crippen LogP contribution < -0.4 is 0 Å². The van der Waals surface area contributed by atoms with Crippen molar-refractivity contribution in [3.63, 3.8) is 0 Å². The third-order valence-corrected chi connectivity index (χ3v) is 6.28. The van der Waals surface area contributed by atoms with Crippen molar-refractivity contribution >= 4 is 27.2 Å². The summed E-state index contributed by atoms with van der Waals surface area (Å²) in [5.41, 5.74) is 3.13. The van der Waals surface area contributed by atoms with Gasteiger partial charge < -0.3 is 4.74 Å². The smallest absolute Gasteiger partial charge is 0.164 e. The minimum atomic E-state index is -0.689. The van der Waals surface area contributed by atoms with Gasteiger partial charge in [-0.3, -0.25) is 0 Å². The van der Waals surface area contributed by atoms with E-state index in [9.17, 15) is 5.26 Å². The lowest BCUT2D eigenvalue weighted by atomic mass is 9.82. The number of benzene rings is 3. The Kier molecular flexibility index (Phi) is 4.00. The molecule has 0 bridgehead atoms. The van der Waals surface area contributed by atoms with Crippen LogP contribution in [0.4, 0.5) is 0 Å². The molecule has 0 spiro atoms. The minimum Gasteiger partial charge on any atom is -0.476 e. The molecule has 3 heteroatoms. The van der Waals surface area contributed by atoms with Gasteiger partial charge in [0.2, 0.25) is 0 Å². The van der Waals surface area contributed by atoms with Crippen molar-refractivity contribution in [2.45, 2.75) is 12.0 Å². The molecular weight excluding hydrogens is 362 g/mol. The molecule has 5 rings (SSSR count). The Morgan fingerprint density at radius 2 is 1.43 bits per heavy atom. The third kappa shape index (κ3) is 2.54. The molecule has 1 aliphatic rings. The van der Waals surface area contributed by atoms with Crippen molar-refractivity contribution in [2.75, 3.05) is 0 Å². The van der Waals surface area contributed by atoms with Gasteiger partial charge in [0, 0.05) is 38.6 Å². The molecule has 4 aromatic rings. The van der Waals surface area contributed by atoms with Crippen molar-refractivity contribution in [1.29, 1.82) is 5.26 Å². The van der Waals surface area contributed by atoms with Gasteiger partial charge in [-0.1, -0.05) is 78.9 Å². The fourth-order valence-corrected chi connectivity index (χ4v) is 4.91. The Hall–Kier alpha value is -3.35. The van der Waals surface area contributed by atoms with Crippen LogP contribution in [0.1, 0.15) is 23.1 Å². The number of nitrogens with zero attached hydrogens (tertiary/aromatic N) is 1. The molecule has 1 aliphatic heterocycles. The monoisotopic (exact) mass is 379 g/mol. The molecule has 3 aromatic carbocycles. The van der Waals surface area contributed by atoms with E-state index in [0.29, 0.717) is 17.8 Å². The molecule has 0 unspecified atom stereocenters. The third-order valence-electron chi connectivity index (χ3n) is 5.32. The highest BCUT2D eigenvalue weighted by atomic mass is 32.1. The van der Waals surface area contributed by atoms with Gasteiger partial charge in [0.25, 0.3) is 0 Å². The van der Waals surface area contributed by atoms with E-state index in [2.05, 4.69) is 47.8 Å². The molecule has 0 N–H and O–H groups in total. The Morgan fingerprint density at radius 1 is 0.821 bits per heavy atom. The Balaban J connectivity index is 1.70. The maximum atomic E-state index is 9.95. The second-order valence-corrected chi connectivity index (χ2v) is 7.81. The quantitative estimate of drug-likeness (QED) is 0.407. The highest BCUT2D eigenvalue weighted by molar-refractivity contribution is 7.17. The van der Waals surface area contributed by atoms with Crippen LogP contribution in [-0.4, -0.2) is 0 Å². The van der Waals surface area contributed by atoms with E-state index in [0.717, 1.165) is 22.1 Å². The molecule has 2 heterocycles. The van der Waals surface area contributed by atoms with Gasteiger partial charge in [-0.2, -0.15) is 5.26 Å². The summed E-state index contributed by atoms with van der Waals surface area (Å²) in [7, 11) is 0. The highest BCUT2D eigenvalue weighted by Gasteiger charge is 2.45. The van der Waals surface area contributed by atoms with Crippen LogP contribution in [-0.2, 0) is 10.3 Å². The molecule has 0 saturated carbocycles. The maximum absolute atomic E-state index is 9.95. The normalized spacial score (nSPS) is 15.4. The number of ether oxygens (including phenoxy) is 1. The predicted molar refractivity (Wildman–Crippen MR) is 114 cm³/mol. The number of hydrogen-bond donors (Lipinski definition) is 0. The average Bonchev–Trinajstić information content (AvgIpc) is 3.37. The summed E-state index contributed by atoms with van der Waals surface area (Å²) in [6.45, 7) is 0. The lowest BCUT2D eigenvalue weighted by molar-refractivity contribution is 0.101. The van der Waals surface area contributed by atoms with E-state index in [1.807, 2.05) is 48.5 Å². The SMILES string of the molecule is N#CC1=C(c2csc3ccccc23)OC(c2ccccc2)(c2ccccc2)C1. The van der Waals surface area contributed by atoms with Gasteiger partial charge in [0.05, 0.1) is 11.6 Å². The zero-order valence-electron chi connectivity index (χ0n) is 15.1. The Labute approximate surface area is 168 Å². The molecule has 0 aliphatic carbocycles. The van der Waals surface area contributed by atoms with Crippen LogP contribution in [0.25, 0.3) is 15.8 Å². The van der Waals surface area contributed by atoms with Crippen LogP contribution in [0.15, 0.2) is 95.9 Å². The molecular formula is C25H17NOS. The summed E-state index contributed by atoms with van der Waals surface area (Å²) < 4.78 is 7.94. The summed E-state index contributed by atoms with van der Waals surface area (Å²) >= 11 is 1.68. The molecule has 28 heavy (non-hydrogen) atoms. The summed E-state index contributed by atoms with van der Waals surface area (Å²) in [4.78, 5) is 0. The first-order chi connectivity index (χ1) is 13.8. The first kappa shape index (κ1) is 16.8. The van der Waals surface area contributed by atoms with Crippen molar-refractivity contribution in [2.24, 2.45) is 0 Å². The average molecular weight is 379 g/mol. The first-order valence-electron chi connectivity index (χ1n) is 9.22. The summed E-state index contributed by atoms with van der Waals surface area (Å²) in [5, 5.41) is 13.2. The van der Waals surface area contributed by atoms with Gasteiger partial charge in [0.15, 0.2) is 5.60 Å². The maximum Gasteiger partial charge on any atom is 0.164 e. The van der Waals surface area contributed by atoms with Crippen molar-refractivity contribution in [3.8, 4) is 6.07 Å². The number of fused-ring (bicyclic) bond motifs is 1. The minimum absolute atomic E-state index is 0.525. The van der Waals surface area contributed by atoms with Crippen molar-refractivity contribution < 1.29 is 4.74 Å². The second kappa shape index (κ2) is 6.67. The summed E-state index contributed by atoms with van der Waals surface area (Å²) in [6.07, 6.45) is 0.525. The highest BCUT2D eigenvalue weighted by Crippen LogP contribution is 2.50. The van der Waals surface area contributed by atoms with E-state index >= 15 is 0 Å². The summed E-state index contributed by atoms with van der Waals surface area (Å²) in [5.74, 6) is 0.702. The molecule has 1 aromatic heterocycles. The Bertz CT molecular complexity index is 1180. The molecule has 0 fully saturated rings. The molecule has 134 valence electrons. The predicted octanol–water partition coefficient (Wildman–Crippen LogP) is 6.50. The lowest BCUT2D eigenvalue weighted by Gasteiger charge is -2.31. The first-order valence-corrected chi connectivity index (χ1v) is 10.1. The van der Waals surface area contributed by atoms with E-state index in [1.165, 1.54) is 4.70 Å². The van der Waals surface area contributed by atoms with Crippen molar-refractivity contribution in [3.05, 3.63) is 113 Å². The fraction of sp³-hybridized carbons (Fsp3) is 0.0800. The van der Waals surface area contributed by atoms with Crippen molar-refractivity contribution in [1.82, 2.24) is 0 Å². The summed E-state index contributed by atoms with van der Waals surface area (Å²) in [6, 6.07) is 31.1. The van der Waals surface area contributed by atoms with Crippen LogP contribution >= 0.6 is 11.3 Å². The number of thiophene rings is 1. The van der Waals surface area contributed by atoms with E-state index in [4.69, 9.17) is 4.74 Å². The number of nitriles is 1. The molecule has 2 nitrogen and oxygen atoms in total. The number of rotatable bonds is 3. The molecule has 0 radical (unpaired) electrons. The van der Waals surface area contributed by atoms with Crippen LogP contribution in [0.5, 0.6) is 0 Å². The van der Waals surface area contributed by atoms with E-state index < -0.39 is 5.60 Å². The van der Waals surface area contributed by atoms with E-state index in [1.54, 1.807) is 11.3 Å². The molecule has 0 atom stereocenters. The van der Waals surface area contributed by atoms with Crippen LogP contribution in [0.3, 0.4) is 0 Å². The van der Waals surface area contributed by atoms with Crippen LogP contribution in [0, 0.1) is 11.3 Å². The number of hydrogen-bond acceptors (Lipinski definition) is 3. The fourth-order valence-electron chi connectivity index (χ4n) is 3.97. The zero-order valence-corrected chi connectivity index (χ0v) is 15.9. The van der Waals surface area contributed by atoms with Gasteiger partial charge >= 0.3 is 0 Å². The van der Waals surface area contributed by atoms with Crippen LogP contribution in [0.2, 0.25) is 0 Å². The standard InChI is InChI=1S/C25H17NOS/c26-16-18-15-25(19-9-3-1-4-10-19,20-11-5-2-6-12-20)27-24(18)22-17-28-23-14-8-7-13-21(22)23/h1-14,17H,15H2. The van der Waals surface area contributed by atoms with E-state index in [-0.39, 0.29) is 0 Å². The largest absolute Gasteiger partial charge is 0.476 e. The van der Waals surface area contributed by atoms with Gasteiger partial charge in [0.1, 0.15) is 5.76 Å².